The lowest BCUT2D eigenvalue weighted by molar-refractivity contribution is -0.596. The van der Waals surface area contributed by atoms with Crippen molar-refractivity contribution in [3.8, 4) is 0 Å². The first-order chi connectivity index (χ1) is 8.61. The molecule has 0 bridgehead atoms. The van der Waals surface area contributed by atoms with Gasteiger partial charge in [0.1, 0.15) is 0 Å². The Labute approximate surface area is 103 Å². The number of imidazole rings is 1. The SMILES string of the molecule is C=C(OO)n1c(C)[n+](C(=C)OO)c2ccccc21. The molecule has 6 heteroatoms. The Balaban J connectivity index is 2.83. The molecule has 0 aliphatic rings. The predicted molar refractivity (Wildman–Crippen MR) is 65.0 cm³/mol. The highest BCUT2D eigenvalue weighted by molar-refractivity contribution is 5.76. The summed E-state index contributed by atoms with van der Waals surface area (Å²) in [5, 5.41) is 17.5. The third kappa shape index (κ3) is 1.64. The fraction of sp³-hybridized carbons (Fsp3) is 0.0833. The smallest absolute Gasteiger partial charge is 0.296 e. The first kappa shape index (κ1) is 12.2. The van der Waals surface area contributed by atoms with Crippen LogP contribution in [0.4, 0.5) is 0 Å². The minimum Gasteiger partial charge on any atom is -0.296 e. The molecule has 2 N–H and O–H groups in total. The van der Waals surface area contributed by atoms with Crippen molar-refractivity contribution in [3.05, 3.63) is 43.2 Å². The molecule has 0 unspecified atom stereocenters. The van der Waals surface area contributed by atoms with Crippen LogP contribution in [0.1, 0.15) is 5.82 Å². The maximum atomic E-state index is 8.74. The van der Waals surface area contributed by atoms with Crippen molar-refractivity contribution in [2.24, 2.45) is 0 Å². The van der Waals surface area contributed by atoms with Gasteiger partial charge in [0, 0.05) is 6.92 Å². The summed E-state index contributed by atoms with van der Waals surface area (Å²) in [6.07, 6.45) is 0. The van der Waals surface area contributed by atoms with Gasteiger partial charge in [0.2, 0.25) is 0 Å². The molecule has 0 aliphatic heterocycles. The van der Waals surface area contributed by atoms with E-state index in [9.17, 15) is 0 Å². The fourth-order valence-electron chi connectivity index (χ4n) is 2.00. The molecule has 1 aromatic carbocycles. The van der Waals surface area contributed by atoms with E-state index < -0.39 is 0 Å². The zero-order valence-corrected chi connectivity index (χ0v) is 9.83. The highest BCUT2D eigenvalue weighted by Crippen LogP contribution is 2.19. The summed E-state index contributed by atoms with van der Waals surface area (Å²) in [7, 11) is 0. The summed E-state index contributed by atoms with van der Waals surface area (Å²) in [5.41, 5.74) is 1.46. The number of fused-ring (bicyclic) bond motifs is 1. The third-order valence-corrected chi connectivity index (χ3v) is 2.72. The number of nitrogens with zero attached hydrogens (tertiary/aromatic N) is 2. The Bertz CT molecular complexity index is 577. The van der Waals surface area contributed by atoms with Gasteiger partial charge in [-0.25, -0.2) is 0 Å². The van der Waals surface area contributed by atoms with E-state index in [1.807, 2.05) is 24.3 Å². The van der Waals surface area contributed by atoms with Crippen molar-refractivity contribution < 1.29 is 24.9 Å². The summed E-state index contributed by atoms with van der Waals surface area (Å²) in [4.78, 5) is 8.35. The van der Waals surface area contributed by atoms with Gasteiger partial charge in [-0.3, -0.25) is 9.78 Å². The van der Waals surface area contributed by atoms with Gasteiger partial charge in [0.25, 0.3) is 5.82 Å². The molecule has 0 amide bonds. The number of benzene rings is 1. The highest BCUT2D eigenvalue weighted by atomic mass is 17.1. The van der Waals surface area contributed by atoms with Crippen molar-refractivity contribution in [2.45, 2.75) is 6.92 Å². The van der Waals surface area contributed by atoms with Crippen LogP contribution in [0.25, 0.3) is 22.8 Å². The summed E-state index contributed by atoms with van der Waals surface area (Å²) in [6.45, 7) is 8.94. The normalized spacial score (nSPS) is 10.4. The van der Waals surface area contributed by atoms with E-state index in [1.165, 1.54) is 0 Å². The maximum Gasteiger partial charge on any atom is 0.317 e. The van der Waals surface area contributed by atoms with Gasteiger partial charge in [0.05, 0.1) is 0 Å². The maximum absolute atomic E-state index is 8.74. The van der Waals surface area contributed by atoms with Crippen LogP contribution in [0, 0.1) is 6.92 Å². The largest absolute Gasteiger partial charge is 0.317 e. The van der Waals surface area contributed by atoms with E-state index in [4.69, 9.17) is 10.5 Å². The molecule has 6 nitrogen and oxygen atoms in total. The van der Waals surface area contributed by atoms with Crippen LogP contribution < -0.4 is 4.57 Å². The van der Waals surface area contributed by atoms with Crippen LogP contribution in [0.5, 0.6) is 0 Å². The number of rotatable bonds is 4. The molecule has 2 aromatic rings. The Morgan fingerprint density at radius 3 is 2.50 bits per heavy atom. The van der Waals surface area contributed by atoms with E-state index >= 15 is 0 Å². The number of hydrogen-bond acceptors (Lipinski definition) is 4. The van der Waals surface area contributed by atoms with Crippen LogP contribution in [0.15, 0.2) is 37.4 Å². The molecule has 1 aromatic heterocycles. The summed E-state index contributed by atoms with van der Waals surface area (Å²) >= 11 is 0. The third-order valence-electron chi connectivity index (χ3n) is 2.72. The number of aromatic nitrogens is 2. The van der Waals surface area contributed by atoms with Crippen molar-refractivity contribution in [2.75, 3.05) is 0 Å². The Hall–Kier alpha value is -2.31. The zero-order chi connectivity index (χ0) is 13.3. The molecular weight excluding hydrogens is 236 g/mol. The topological polar surface area (TPSA) is 67.7 Å². The van der Waals surface area contributed by atoms with Crippen LogP contribution in [0.3, 0.4) is 0 Å². The Morgan fingerprint density at radius 1 is 1.22 bits per heavy atom. The molecule has 0 radical (unpaired) electrons. The van der Waals surface area contributed by atoms with Crippen LogP contribution in [-0.2, 0) is 9.78 Å². The number of para-hydroxylation sites is 2. The van der Waals surface area contributed by atoms with Gasteiger partial charge in [-0.1, -0.05) is 12.1 Å². The standard InChI is InChI=1S/C12H12N2O4/c1-8-13(9(2)17-15)11-6-4-5-7-12(11)14(8)10(3)18-16/h4-7H,2-3H2,1H3,(H-,15,16)/p+1. The second-order valence-electron chi connectivity index (χ2n) is 3.68. The monoisotopic (exact) mass is 249 g/mol. The lowest BCUT2D eigenvalue weighted by atomic mass is 10.3. The van der Waals surface area contributed by atoms with Crippen LogP contribution in [-0.4, -0.2) is 15.1 Å². The minimum atomic E-state index is 0.0354. The highest BCUT2D eigenvalue weighted by Gasteiger charge is 2.27. The average Bonchev–Trinajstić information content (AvgIpc) is 2.69. The fourth-order valence-corrected chi connectivity index (χ4v) is 2.00. The van der Waals surface area contributed by atoms with Gasteiger partial charge < -0.3 is 0 Å². The number of hydrogen-bond donors (Lipinski definition) is 2. The van der Waals surface area contributed by atoms with E-state index in [2.05, 4.69) is 22.9 Å². The minimum absolute atomic E-state index is 0.0354. The first-order valence-corrected chi connectivity index (χ1v) is 5.15. The van der Waals surface area contributed by atoms with Crippen LogP contribution in [0.2, 0.25) is 0 Å². The van der Waals surface area contributed by atoms with Gasteiger partial charge in [-0.05, 0) is 25.3 Å². The molecule has 2 rings (SSSR count). The molecule has 94 valence electrons. The first-order valence-electron chi connectivity index (χ1n) is 5.15. The van der Waals surface area contributed by atoms with E-state index in [0.717, 1.165) is 11.0 Å². The van der Waals surface area contributed by atoms with Gasteiger partial charge in [0.15, 0.2) is 11.0 Å². The molecule has 0 saturated carbocycles. The second-order valence-corrected chi connectivity index (χ2v) is 3.68. The van der Waals surface area contributed by atoms with E-state index in [0.29, 0.717) is 5.82 Å². The molecule has 18 heavy (non-hydrogen) atoms. The van der Waals surface area contributed by atoms with Crippen LogP contribution >= 0.6 is 0 Å². The second kappa shape index (κ2) is 4.52. The van der Waals surface area contributed by atoms with Crippen molar-refractivity contribution in [1.82, 2.24) is 4.57 Å². The van der Waals surface area contributed by atoms with E-state index in [1.54, 1.807) is 16.1 Å². The van der Waals surface area contributed by atoms with Crippen molar-refractivity contribution in [1.29, 1.82) is 0 Å². The molecule has 0 atom stereocenters. The van der Waals surface area contributed by atoms with Gasteiger partial charge in [-0.2, -0.15) is 19.6 Å². The lowest BCUT2D eigenvalue weighted by Crippen LogP contribution is -2.35. The molecule has 0 spiro atoms. The average molecular weight is 249 g/mol. The summed E-state index contributed by atoms with van der Waals surface area (Å²) in [6, 6.07) is 7.28. The molecule has 0 saturated heterocycles. The van der Waals surface area contributed by atoms with Crippen molar-refractivity contribution >= 4 is 22.8 Å². The van der Waals surface area contributed by atoms with E-state index in [-0.39, 0.29) is 11.8 Å². The Morgan fingerprint density at radius 2 is 1.89 bits per heavy atom. The van der Waals surface area contributed by atoms with Gasteiger partial charge in [-0.15, -0.1) is 0 Å². The van der Waals surface area contributed by atoms with Gasteiger partial charge >= 0.3 is 11.8 Å². The quantitative estimate of drug-likeness (QED) is 0.377. The van der Waals surface area contributed by atoms with Crippen molar-refractivity contribution in [3.63, 3.8) is 0 Å². The predicted octanol–water partition coefficient (Wildman–Crippen LogP) is 2.07. The zero-order valence-electron chi connectivity index (χ0n) is 9.83. The molecule has 1 heterocycles. The molecular formula is C12H13N2O4+. The summed E-state index contributed by atoms with van der Waals surface area (Å²) < 4.78 is 3.14. The molecule has 0 fully saturated rings. The Kier molecular flexibility index (Phi) is 3.05. The summed E-state index contributed by atoms with van der Waals surface area (Å²) in [5.74, 6) is 0.677. The lowest BCUT2D eigenvalue weighted by Gasteiger charge is -2.00. The molecule has 0 aliphatic carbocycles.